The highest BCUT2D eigenvalue weighted by Crippen LogP contribution is 2.40. The van der Waals surface area contributed by atoms with Gasteiger partial charge >= 0.3 is 0 Å². The first-order valence-corrected chi connectivity index (χ1v) is 8.16. The fraction of sp³-hybridized carbons (Fsp3) is 0.263. The molecule has 1 aliphatic rings. The Bertz CT molecular complexity index is 1010. The molecular formula is C19H17FN2O3. The van der Waals surface area contributed by atoms with E-state index in [2.05, 4.69) is 4.98 Å². The van der Waals surface area contributed by atoms with Crippen LogP contribution in [0.25, 0.3) is 22.2 Å². The molecule has 0 bridgehead atoms. The summed E-state index contributed by atoms with van der Waals surface area (Å²) in [6.07, 6.45) is 3.83. The molecule has 0 amide bonds. The van der Waals surface area contributed by atoms with Gasteiger partial charge in [-0.3, -0.25) is 9.78 Å². The van der Waals surface area contributed by atoms with Gasteiger partial charge in [0.1, 0.15) is 12.4 Å². The predicted octanol–water partition coefficient (Wildman–Crippen LogP) is 2.69. The number of aliphatic hydroxyl groups excluding tert-OH is 1. The second-order valence-electron chi connectivity index (χ2n) is 6.23. The van der Waals surface area contributed by atoms with Crippen molar-refractivity contribution in [3.05, 3.63) is 58.3 Å². The molecule has 25 heavy (non-hydrogen) atoms. The third-order valence-corrected chi connectivity index (χ3v) is 4.54. The van der Waals surface area contributed by atoms with Crippen molar-refractivity contribution in [3.8, 4) is 17.0 Å². The minimum atomic E-state index is -0.533. The molecule has 1 aliphatic heterocycles. The van der Waals surface area contributed by atoms with Gasteiger partial charge in [-0.05, 0) is 31.0 Å². The molecule has 4 rings (SSSR count). The van der Waals surface area contributed by atoms with Gasteiger partial charge in [0.15, 0.2) is 11.2 Å². The molecule has 3 heterocycles. The highest BCUT2D eigenvalue weighted by atomic mass is 19.1. The lowest BCUT2D eigenvalue weighted by Gasteiger charge is -2.28. The number of hydrogen-bond donors (Lipinski definition) is 1. The first-order chi connectivity index (χ1) is 12.1. The Hall–Kier alpha value is -2.73. The second-order valence-corrected chi connectivity index (χ2v) is 6.23. The van der Waals surface area contributed by atoms with Gasteiger partial charge in [0.25, 0.3) is 0 Å². The summed E-state index contributed by atoms with van der Waals surface area (Å²) in [5, 5.41) is 9.31. The summed E-state index contributed by atoms with van der Waals surface area (Å²) in [4.78, 5) is 16.5. The van der Waals surface area contributed by atoms with E-state index < -0.39 is 5.82 Å². The highest BCUT2D eigenvalue weighted by molar-refractivity contribution is 5.92. The van der Waals surface area contributed by atoms with Crippen molar-refractivity contribution in [2.45, 2.75) is 19.4 Å². The van der Waals surface area contributed by atoms with Gasteiger partial charge in [-0.2, -0.15) is 0 Å². The lowest BCUT2D eigenvalue weighted by atomic mass is 10.0. The van der Waals surface area contributed by atoms with Gasteiger partial charge in [-0.25, -0.2) is 4.39 Å². The number of pyridine rings is 2. The predicted molar refractivity (Wildman–Crippen MR) is 92.4 cm³/mol. The normalized spacial score (nSPS) is 16.0. The van der Waals surface area contributed by atoms with Crippen molar-refractivity contribution in [1.29, 1.82) is 0 Å². The maximum Gasteiger partial charge on any atom is 0.189 e. The van der Waals surface area contributed by atoms with Gasteiger partial charge in [-0.15, -0.1) is 0 Å². The highest BCUT2D eigenvalue weighted by Gasteiger charge is 2.26. The van der Waals surface area contributed by atoms with E-state index in [-0.39, 0.29) is 23.6 Å². The Morgan fingerprint density at radius 2 is 2.24 bits per heavy atom. The van der Waals surface area contributed by atoms with E-state index in [1.54, 1.807) is 24.5 Å². The first kappa shape index (κ1) is 15.8. The monoisotopic (exact) mass is 340 g/mol. The Morgan fingerprint density at radius 3 is 2.96 bits per heavy atom. The van der Waals surface area contributed by atoms with E-state index >= 15 is 0 Å². The zero-order valence-corrected chi connectivity index (χ0v) is 13.7. The van der Waals surface area contributed by atoms with Crippen LogP contribution in [0.3, 0.4) is 0 Å². The third-order valence-electron chi connectivity index (χ3n) is 4.54. The van der Waals surface area contributed by atoms with Crippen LogP contribution in [0.2, 0.25) is 0 Å². The van der Waals surface area contributed by atoms with Crippen molar-refractivity contribution >= 4 is 10.9 Å². The zero-order chi connectivity index (χ0) is 17.6. The molecule has 0 saturated carbocycles. The van der Waals surface area contributed by atoms with Crippen molar-refractivity contribution in [2.75, 3.05) is 13.2 Å². The molecule has 5 nitrogen and oxygen atoms in total. The Labute approximate surface area is 143 Å². The van der Waals surface area contributed by atoms with Crippen LogP contribution < -0.4 is 10.2 Å². The third kappa shape index (κ3) is 2.49. The van der Waals surface area contributed by atoms with Crippen LogP contribution in [0.4, 0.5) is 4.39 Å². The van der Waals surface area contributed by atoms with Crippen LogP contribution in [0.5, 0.6) is 5.75 Å². The molecule has 1 N–H and O–H groups in total. The molecule has 2 aromatic heterocycles. The SMILES string of the molecule is CC1COc2c(-c3ccc(CCO)cn3)c(F)cc3c(=O)ccn1c23. The maximum atomic E-state index is 14.8. The standard InChI is InChI=1S/C19H17FN2O3/c1-11-10-25-19-17(15-3-2-12(5-7-23)9-21-15)14(20)8-13-16(24)4-6-22(11)18(13)19/h2-4,6,8-9,11,23H,5,7,10H2,1H3. The smallest absolute Gasteiger partial charge is 0.189 e. The topological polar surface area (TPSA) is 64.3 Å². The fourth-order valence-electron chi connectivity index (χ4n) is 3.25. The molecule has 1 unspecified atom stereocenters. The van der Waals surface area contributed by atoms with E-state index in [0.29, 0.717) is 35.4 Å². The molecular weight excluding hydrogens is 323 g/mol. The second kappa shape index (κ2) is 5.97. The maximum absolute atomic E-state index is 14.8. The van der Waals surface area contributed by atoms with Crippen LogP contribution >= 0.6 is 0 Å². The Balaban J connectivity index is 1.99. The number of benzene rings is 1. The number of hydrogen-bond acceptors (Lipinski definition) is 4. The number of aromatic nitrogens is 2. The summed E-state index contributed by atoms with van der Waals surface area (Å²) in [6.45, 7) is 2.41. The largest absolute Gasteiger partial charge is 0.488 e. The summed E-state index contributed by atoms with van der Waals surface area (Å²) < 4.78 is 22.6. The van der Waals surface area contributed by atoms with E-state index in [4.69, 9.17) is 9.84 Å². The molecule has 1 aromatic carbocycles. The van der Waals surface area contributed by atoms with Gasteiger partial charge in [0.2, 0.25) is 0 Å². The minimum absolute atomic E-state index is 0.0316. The average Bonchev–Trinajstić information content (AvgIpc) is 2.61. The van der Waals surface area contributed by atoms with Crippen molar-refractivity contribution in [1.82, 2.24) is 9.55 Å². The molecule has 3 aromatic rings. The summed E-state index contributed by atoms with van der Waals surface area (Å²) in [5.41, 5.74) is 1.93. The quantitative estimate of drug-likeness (QED) is 0.796. The lowest BCUT2D eigenvalue weighted by molar-refractivity contribution is 0.247. The fourth-order valence-corrected chi connectivity index (χ4v) is 3.25. The van der Waals surface area contributed by atoms with Gasteiger partial charge in [0.05, 0.1) is 28.2 Å². The number of aliphatic hydroxyl groups is 1. The molecule has 0 radical (unpaired) electrons. The van der Waals surface area contributed by atoms with Crippen LogP contribution in [-0.2, 0) is 6.42 Å². The summed E-state index contributed by atoms with van der Waals surface area (Å²) in [7, 11) is 0. The number of halogens is 1. The molecule has 0 saturated heterocycles. The first-order valence-electron chi connectivity index (χ1n) is 8.16. The van der Waals surface area contributed by atoms with Crippen LogP contribution in [-0.4, -0.2) is 27.9 Å². The Morgan fingerprint density at radius 1 is 1.40 bits per heavy atom. The number of ether oxygens (including phenoxy) is 1. The molecule has 6 heteroatoms. The summed E-state index contributed by atoms with van der Waals surface area (Å²) in [6, 6.07) is 6.28. The van der Waals surface area contributed by atoms with Crippen molar-refractivity contribution < 1.29 is 14.2 Å². The van der Waals surface area contributed by atoms with Crippen molar-refractivity contribution in [2.24, 2.45) is 0 Å². The molecule has 1 atom stereocenters. The van der Waals surface area contributed by atoms with E-state index in [1.807, 2.05) is 11.5 Å². The number of rotatable bonds is 3. The van der Waals surface area contributed by atoms with Gasteiger partial charge < -0.3 is 14.4 Å². The molecule has 0 spiro atoms. The average molecular weight is 340 g/mol. The zero-order valence-electron chi connectivity index (χ0n) is 13.7. The minimum Gasteiger partial charge on any atom is -0.488 e. The molecule has 128 valence electrons. The van der Waals surface area contributed by atoms with E-state index in [0.717, 1.165) is 5.56 Å². The lowest BCUT2D eigenvalue weighted by Crippen LogP contribution is -2.23. The summed E-state index contributed by atoms with van der Waals surface area (Å²) >= 11 is 0. The van der Waals surface area contributed by atoms with E-state index in [9.17, 15) is 9.18 Å². The van der Waals surface area contributed by atoms with Gasteiger partial charge in [-0.1, -0.05) is 6.07 Å². The van der Waals surface area contributed by atoms with Crippen molar-refractivity contribution in [3.63, 3.8) is 0 Å². The van der Waals surface area contributed by atoms with E-state index in [1.165, 1.54) is 12.1 Å². The molecule has 0 aliphatic carbocycles. The Kier molecular flexibility index (Phi) is 3.77. The van der Waals surface area contributed by atoms with Gasteiger partial charge in [0, 0.05) is 25.1 Å². The van der Waals surface area contributed by atoms with Crippen LogP contribution in [0, 0.1) is 5.82 Å². The van der Waals surface area contributed by atoms with Crippen LogP contribution in [0.15, 0.2) is 41.5 Å². The van der Waals surface area contributed by atoms with Crippen LogP contribution in [0.1, 0.15) is 18.5 Å². The number of nitrogens with zero attached hydrogens (tertiary/aromatic N) is 2. The summed E-state index contributed by atoms with van der Waals surface area (Å²) in [5.74, 6) is -0.178. The molecule has 0 fully saturated rings.